The fourth-order valence-corrected chi connectivity index (χ4v) is 1.60. The van der Waals surface area contributed by atoms with Crippen LogP contribution in [0.25, 0.3) is 0 Å². The van der Waals surface area contributed by atoms with Crippen molar-refractivity contribution in [3.63, 3.8) is 0 Å². The van der Waals surface area contributed by atoms with Crippen molar-refractivity contribution in [2.75, 3.05) is 20.8 Å². The molecule has 0 spiro atoms. The van der Waals surface area contributed by atoms with Crippen molar-refractivity contribution in [3.8, 4) is 11.5 Å². The third kappa shape index (κ3) is 3.61. The summed E-state index contributed by atoms with van der Waals surface area (Å²) in [4.78, 5) is 0. The highest BCUT2D eigenvalue weighted by molar-refractivity contribution is 5.45. The van der Waals surface area contributed by atoms with E-state index in [9.17, 15) is 0 Å². The molecule has 1 unspecified atom stereocenters. The Bertz CT molecular complexity index is 366. The zero-order valence-corrected chi connectivity index (χ0v) is 10.9. The van der Waals surface area contributed by atoms with E-state index in [1.54, 1.807) is 14.2 Å². The molecule has 1 aromatic carbocycles. The van der Waals surface area contributed by atoms with Crippen molar-refractivity contribution in [1.29, 1.82) is 0 Å². The predicted octanol–water partition coefficient (Wildman–Crippen LogP) is 1.48. The number of hydrogen-bond acceptors (Lipinski definition) is 4. The molecule has 1 atom stereocenters. The fourth-order valence-electron chi connectivity index (χ4n) is 1.60. The molecule has 0 fully saturated rings. The second-order valence-corrected chi connectivity index (χ2v) is 4.10. The molecule has 4 nitrogen and oxygen atoms in total. The highest BCUT2D eigenvalue weighted by atomic mass is 16.5. The molecule has 1 aromatic rings. The van der Waals surface area contributed by atoms with Crippen LogP contribution in [0.3, 0.4) is 0 Å². The van der Waals surface area contributed by atoms with Crippen molar-refractivity contribution >= 4 is 0 Å². The third-order valence-corrected chi connectivity index (χ3v) is 2.71. The van der Waals surface area contributed by atoms with Crippen LogP contribution in [-0.2, 0) is 6.54 Å². The number of methoxy groups -OCH3 is 2. The van der Waals surface area contributed by atoms with Gasteiger partial charge < -0.3 is 19.9 Å². The summed E-state index contributed by atoms with van der Waals surface area (Å²) in [5.74, 6) is 1.68. The smallest absolute Gasteiger partial charge is 0.123 e. The molecule has 0 aliphatic heterocycles. The van der Waals surface area contributed by atoms with Crippen molar-refractivity contribution in [3.05, 3.63) is 23.3 Å². The predicted molar refractivity (Wildman–Crippen MR) is 67.7 cm³/mol. The van der Waals surface area contributed by atoms with Gasteiger partial charge in [0, 0.05) is 18.2 Å². The monoisotopic (exact) mass is 239 g/mol. The average Bonchev–Trinajstić information content (AvgIpc) is 2.36. The normalized spacial score (nSPS) is 12.3. The van der Waals surface area contributed by atoms with E-state index in [1.165, 1.54) is 0 Å². The first-order valence-electron chi connectivity index (χ1n) is 5.68. The Morgan fingerprint density at radius 2 is 1.88 bits per heavy atom. The zero-order valence-electron chi connectivity index (χ0n) is 10.9. The lowest BCUT2D eigenvalue weighted by atomic mass is 10.1. The summed E-state index contributed by atoms with van der Waals surface area (Å²) < 4.78 is 10.6. The molecule has 0 saturated carbocycles. The van der Waals surface area contributed by atoms with Crippen molar-refractivity contribution in [1.82, 2.24) is 5.32 Å². The minimum absolute atomic E-state index is 0.0620. The van der Waals surface area contributed by atoms with Gasteiger partial charge in [0.05, 0.1) is 20.8 Å². The Hall–Kier alpha value is -1.26. The van der Waals surface area contributed by atoms with Gasteiger partial charge in [-0.15, -0.1) is 0 Å². The summed E-state index contributed by atoms with van der Waals surface area (Å²) in [7, 11) is 3.31. The molecule has 0 radical (unpaired) electrons. The van der Waals surface area contributed by atoms with E-state index in [-0.39, 0.29) is 12.6 Å². The molecule has 17 heavy (non-hydrogen) atoms. The first-order chi connectivity index (χ1) is 8.12. The van der Waals surface area contributed by atoms with Crippen LogP contribution < -0.4 is 14.8 Å². The van der Waals surface area contributed by atoms with Crippen LogP contribution in [0.4, 0.5) is 0 Å². The number of ether oxygens (including phenoxy) is 2. The third-order valence-electron chi connectivity index (χ3n) is 2.71. The molecule has 0 aliphatic carbocycles. The minimum Gasteiger partial charge on any atom is -0.496 e. The molecule has 1 rings (SSSR count). The van der Waals surface area contributed by atoms with E-state index in [0.717, 1.165) is 22.6 Å². The summed E-state index contributed by atoms with van der Waals surface area (Å²) >= 11 is 0. The molecule has 0 saturated heterocycles. The first kappa shape index (κ1) is 13.8. The number of aliphatic hydroxyl groups excluding tert-OH is 1. The van der Waals surface area contributed by atoms with E-state index in [1.807, 2.05) is 26.0 Å². The molecule has 0 aromatic heterocycles. The lowest BCUT2D eigenvalue weighted by Crippen LogP contribution is -2.28. The maximum atomic E-state index is 8.97. The highest BCUT2D eigenvalue weighted by Gasteiger charge is 2.09. The van der Waals surface area contributed by atoms with Gasteiger partial charge in [-0.05, 0) is 31.5 Å². The average molecular weight is 239 g/mol. The molecule has 0 aliphatic rings. The summed E-state index contributed by atoms with van der Waals surface area (Å²) in [6.45, 7) is 4.67. The van der Waals surface area contributed by atoms with Crippen LogP contribution in [0.5, 0.6) is 11.5 Å². The van der Waals surface area contributed by atoms with Crippen molar-refractivity contribution < 1.29 is 14.6 Å². The second kappa shape index (κ2) is 6.47. The van der Waals surface area contributed by atoms with Gasteiger partial charge in [-0.1, -0.05) is 0 Å². The largest absolute Gasteiger partial charge is 0.496 e. The Morgan fingerprint density at radius 3 is 2.41 bits per heavy atom. The molecular formula is C13H21NO3. The van der Waals surface area contributed by atoms with Gasteiger partial charge in [0.15, 0.2) is 0 Å². The van der Waals surface area contributed by atoms with E-state index >= 15 is 0 Å². The summed E-state index contributed by atoms with van der Waals surface area (Å²) in [5.41, 5.74) is 2.07. The summed E-state index contributed by atoms with van der Waals surface area (Å²) in [6, 6.07) is 3.98. The number of nitrogens with one attached hydrogen (secondary N) is 1. The zero-order chi connectivity index (χ0) is 12.8. The Morgan fingerprint density at radius 1 is 1.24 bits per heavy atom. The lowest BCUT2D eigenvalue weighted by molar-refractivity contribution is 0.250. The molecule has 2 N–H and O–H groups in total. The lowest BCUT2D eigenvalue weighted by Gasteiger charge is -2.15. The molecule has 0 bridgehead atoms. The van der Waals surface area contributed by atoms with Crippen LogP contribution in [0.2, 0.25) is 0 Å². The molecule has 96 valence electrons. The van der Waals surface area contributed by atoms with Gasteiger partial charge in [-0.3, -0.25) is 0 Å². The van der Waals surface area contributed by atoms with Gasteiger partial charge in [0.2, 0.25) is 0 Å². The standard InChI is InChI=1S/C13H21NO3/c1-9-5-13(17-4)11(6-12(9)16-3)7-14-10(2)8-15/h5-6,10,14-15H,7-8H2,1-4H3. The molecule has 0 heterocycles. The van der Waals surface area contributed by atoms with Crippen LogP contribution in [-0.4, -0.2) is 32.0 Å². The van der Waals surface area contributed by atoms with Gasteiger partial charge in [0.25, 0.3) is 0 Å². The maximum absolute atomic E-state index is 8.97. The summed E-state index contributed by atoms with van der Waals surface area (Å²) in [5, 5.41) is 12.2. The molecular weight excluding hydrogens is 218 g/mol. The number of benzene rings is 1. The number of aryl methyl sites for hydroxylation is 1. The fraction of sp³-hybridized carbons (Fsp3) is 0.538. The quantitative estimate of drug-likeness (QED) is 0.789. The summed E-state index contributed by atoms with van der Waals surface area (Å²) in [6.07, 6.45) is 0. The van der Waals surface area contributed by atoms with Gasteiger partial charge in [-0.2, -0.15) is 0 Å². The Labute approximate surface area is 103 Å². The number of hydrogen-bond donors (Lipinski definition) is 2. The highest BCUT2D eigenvalue weighted by Crippen LogP contribution is 2.28. The van der Waals surface area contributed by atoms with E-state index in [2.05, 4.69) is 5.32 Å². The number of rotatable bonds is 6. The number of aliphatic hydroxyl groups is 1. The van der Waals surface area contributed by atoms with E-state index in [0.29, 0.717) is 6.54 Å². The van der Waals surface area contributed by atoms with E-state index in [4.69, 9.17) is 14.6 Å². The van der Waals surface area contributed by atoms with Crippen LogP contribution in [0, 0.1) is 6.92 Å². The maximum Gasteiger partial charge on any atom is 0.123 e. The van der Waals surface area contributed by atoms with Crippen LogP contribution >= 0.6 is 0 Å². The Balaban J connectivity index is 2.88. The second-order valence-electron chi connectivity index (χ2n) is 4.10. The van der Waals surface area contributed by atoms with Gasteiger partial charge in [-0.25, -0.2) is 0 Å². The minimum atomic E-state index is 0.0620. The first-order valence-corrected chi connectivity index (χ1v) is 5.68. The molecule has 4 heteroatoms. The molecule has 0 amide bonds. The SMILES string of the molecule is COc1cc(CNC(C)CO)c(OC)cc1C. The Kier molecular flexibility index (Phi) is 5.25. The topological polar surface area (TPSA) is 50.7 Å². The van der Waals surface area contributed by atoms with Gasteiger partial charge in [0.1, 0.15) is 11.5 Å². The van der Waals surface area contributed by atoms with Gasteiger partial charge >= 0.3 is 0 Å². The van der Waals surface area contributed by atoms with Crippen LogP contribution in [0.1, 0.15) is 18.1 Å². The van der Waals surface area contributed by atoms with E-state index < -0.39 is 0 Å². The van der Waals surface area contributed by atoms with Crippen LogP contribution in [0.15, 0.2) is 12.1 Å². The van der Waals surface area contributed by atoms with Crippen molar-refractivity contribution in [2.45, 2.75) is 26.4 Å². The van der Waals surface area contributed by atoms with Crippen molar-refractivity contribution in [2.24, 2.45) is 0 Å².